The molecule has 0 spiro atoms. The second-order valence-corrected chi connectivity index (χ2v) is 1.89. The van der Waals surface area contributed by atoms with Crippen LogP contribution in [0.2, 0.25) is 0 Å². The highest BCUT2D eigenvalue weighted by Crippen LogP contribution is 1.97. The molecule has 0 unspecified atom stereocenters. The SMILES string of the molecule is C=C(Cl)/C=C\C(C#N)=N/N. The number of hydrazone groups is 1. The van der Waals surface area contributed by atoms with Crippen LogP contribution >= 0.6 is 11.6 Å². The van der Waals surface area contributed by atoms with Crippen molar-refractivity contribution in [3.8, 4) is 6.07 Å². The zero-order valence-corrected chi connectivity index (χ0v) is 5.97. The summed E-state index contributed by atoms with van der Waals surface area (Å²) in [5, 5.41) is 11.7. The second-order valence-electron chi connectivity index (χ2n) is 1.41. The van der Waals surface area contributed by atoms with Gasteiger partial charge in [-0.15, -0.1) is 0 Å². The molecule has 0 atom stereocenters. The van der Waals surface area contributed by atoms with Crippen LogP contribution in [0.25, 0.3) is 0 Å². The summed E-state index contributed by atoms with van der Waals surface area (Å²) < 4.78 is 0. The van der Waals surface area contributed by atoms with Gasteiger partial charge in [0.05, 0.1) is 0 Å². The van der Waals surface area contributed by atoms with Crippen LogP contribution in [0.1, 0.15) is 0 Å². The average Bonchev–Trinajstić information content (AvgIpc) is 1.90. The van der Waals surface area contributed by atoms with Gasteiger partial charge in [-0.3, -0.25) is 0 Å². The molecule has 10 heavy (non-hydrogen) atoms. The molecule has 0 aromatic rings. The Balaban J connectivity index is 4.16. The molecule has 0 saturated carbocycles. The summed E-state index contributed by atoms with van der Waals surface area (Å²) in [6.45, 7) is 3.37. The van der Waals surface area contributed by atoms with Crippen LogP contribution in [0.15, 0.2) is 28.9 Å². The van der Waals surface area contributed by atoms with E-state index in [4.69, 9.17) is 22.7 Å². The van der Waals surface area contributed by atoms with Gasteiger partial charge in [-0.1, -0.05) is 18.2 Å². The maximum atomic E-state index is 8.25. The Labute approximate surface area is 64.1 Å². The van der Waals surface area contributed by atoms with Crippen LogP contribution in [0, 0.1) is 11.3 Å². The molecule has 4 heteroatoms. The topological polar surface area (TPSA) is 62.2 Å². The fraction of sp³-hybridized carbons (Fsp3) is 0. The fourth-order valence-electron chi connectivity index (χ4n) is 0.279. The van der Waals surface area contributed by atoms with E-state index in [1.54, 1.807) is 6.07 Å². The van der Waals surface area contributed by atoms with Crippen molar-refractivity contribution in [1.82, 2.24) is 0 Å². The Kier molecular flexibility index (Phi) is 4.01. The lowest BCUT2D eigenvalue weighted by Gasteiger charge is -1.81. The van der Waals surface area contributed by atoms with Crippen molar-refractivity contribution in [3.63, 3.8) is 0 Å². The van der Waals surface area contributed by atoms with Crippen LogP contribution in [0.4, 0.5) is 0 Å². The minimum atomic E-state index is 0.113. The molecule has 0 fully saturated rings. The molecule has 0 bridgehead atoms. The maximum Gasteiger partial charge on any atom is 0.160 e. The third-order valence-corrected chi connectivity index (χ3v) is 0.802. The molecule has 0 aliphatic carbocycles. The number of nitrogens with zero attached hydrogens (tertiary/aromatic N) is 2. The number of rotatable bonds is 2. The molecule has 2 N–H and O–H groups in total. The normalized spacial score (nSPS) is 11.4. The monoisotopic (exact) mass is 155 g/mol. The summed E-state index contributed by atoms with van der Waals surface area (Å²) in [5.41, 5.74) is 0.113. The summed E-state index contributed by atoms with van der Waals surface area (Å²) in [7, 11) is 0. The zero-order chi connectivity index (χ0) is 7.98. The number of nitrogens with two attached hydrogens (primary N) is 1. The molecule has 0 aliphatic heterocycles. The number of nitriles is 1. The van der Waals surface area contributed by atoms with Crippen molar-refractivity contribution in [2.45, 2.75) is 0 Å². The first-order chi connectivity index (χ1) is 4.70. The smallest absolute Gasteiger partial charge is 0.160 e. The highest BCUT2D eigenvalue weighted by atomic mass is 35.5. The predicted octanol–water partition coefficient (Wildman–Crippen LogP) is 1.13. The molecule has 0 rings (SSSR count). The van der Waals surface area contributed by atoms with E-state index in [0.717, 1.165) is 0 Å². The Morgan fingerprint density at radius 2 is 2.30 bits per heavy atom. The summed E-state index contributed by atoms with van der Waals surface area (Å²) >= 11 is 5.35. The number of hydrogen-bond donors (Lipinski definition) is 1. The van der Waals surface area contributed by atoms with Gasteiger partial charge >= 0.3 is 0 Å². The van der Waals surface area contributed by atoms with E-state index in [2.05, 4.69) is 11.7 Å². The summed E-state index contributed by atoms with van der Waals surface area (Å²) in [4.78, 5) is 0. The summed E-state index contributed by atoms with van der Waals surface area (Å²) in [6, 6.07) is 1.75. The van der Waals surface area contributed by atoms with Crippen LogP contribution in [-0.2, 0) is 0 Å². The van der Waals surface area contributed by atoms with Crippen molar-refractivity contribution in [2.75, 3.05) is 0 Å². The maximum absolute atomic E-state index is 8.25. The fourth-order valence-corrected chi connectivity index (χ4v) is 0.342. The van der Waals surface area contributed by atoms with Gasteiger partial charge in [0.25, 0.3) is 0 Å². The first-order valence-electron chi connectivity index (χ1n) is 2.41. The van der Waals surface area contributed by atoms with Crippen LogP contribution in [0.3, 0.4) is 0 Å². The highest BCUT2D eigenvalue weighted by Gasteiger charge is 1.86. The molecule has 0 saturated heterocycles. The van der Waals surface area contributed by atoms with Gasteiger partial charge in [-0.05, 0) is 12.2 Å². The lowest BCUT2D eigenvalue weighted by atomic mass is 10.3. The zero-order valence-electron chi connectivity index (χ0n) is 5.21. The van der Waals surface area contributed by atoms with E-state index in [0.29, 0.717) is 5.03 Å². The third kappa shape index (κ3) is 3.70. The van der Waals surface area contributed by atoms with E-state index >= 15 is 0 Å². The third-order valence-electron chi connectivity index (χ3n) is 0.676. The Hall–Kier alpha value is -1.27. The number of halogens is 1. The van der Waals surface area contributed by atoms with Crippen LogP contribution in [0.5, 0.6) is 0 Å². The molecule has 52 valence electrons. The van der Waals surface area contributed by atoms with E-state index in [-0.39, 0.29) is 5.71 Å². The van der Waals surface area contributed by atoms with Gasteiger partial charge in [-0.2, -0.15) is 10.4 Å². The molecular weight excluding hydrogens is 150 g/mol. The number of allylic oxidation sites excluding steroid dienone is 3. The van der Waals surface area contributed by atoms with Crippen molar-refractivity contribution in [1.29, 1.82) is 5.26 Å². The van der Waals surface area contributed by atoms with E-state index in [1.807, 2.05) is 0 Å². The van der Waals surface area contributed by atoms with Crippen molar-refractivity contribution < 1.29 is 0 Å². The van der Waals surface area contributed by atoms with Gasteiger partial charge in [0.1, 0.15) is 6.07 Å². The number of hydrogen-bond acceptors (Lipinski definition) is 3. The molecule has 0 radical (unpaired) electrons. The first-order valence-corrected chi connectivity index (χ1v) is 2.79. The lowest BCUT2D eigenvalue weighted by molar-refractivity contribution is 1.25. The van der Waals surface area contributed by atoms with Gasteiger partial charge < -0.3 is 5.84 Å². The summed E-state index contributed by atoms with van der Waals surface area (Å²) in [5.74, 6) is 4.81. The first kappa shape index (κ1) is 8.73. The van der Waals surface area contributed by atoms with Gasteiger partial charge in [0, 0.05) is 5.03 Å². The van der Waals surface area contributed by atoms with Gasteiger partial charge in [0.15, 0.2) is 5.71 Å². The van der Waals surface area contributed by atoms with E-state index in [1.165, 1.54) is 12.2 Å². The van der Waals surface area contributed by atoms with Crippen LogP contribution < -0.4 is 5.84 Å². The Morgan fingerprint density at radius 1 is 1.70 bits per heavy atom. The molecule has 0 aromatic heterocycles. The molecule has 0 heterocycles. The lowest BCUT2D eigenvalue weighted by Crippen LogP contribution is -1.92. The van der Waals surface area contributed by atoms with Crippen LogP contribution in [-0.4, -0.2) is 5.71 Å². The Morgan fingerprint density at radius 3 is 2.60 bits per heavy atom. The molecule has 3 nitrogen and oxygen atoms in total. The average molecular weight is 156 g/mol. The predicted molar refractivity (Wildman–Crippen MR) is 41.4 cm³/mol. The molecular formula is C6H6ClN3. The molecule has 0 amide bonds. The van der Waals surface area contributed by atoms with E-state index in [9.17, 15) is 0 Å². The van der Waals surface area contributed by atoms with Gasteiger partial charge in [0.2, 0.25) is 0 Å². The van der Waals surface area contributed by atoms with Crippen molar-refractivity contribution >= 4 is 17.3 Å². The highest BCUT2D eigenvalue weighted by molar-refractivity contribution is 6.31. The Bertz CT molecular complexity index is 222. The molecule has 0 aliphatic rings. The largest absolute Gasteiger partial charge is 0.322 e. The second kappa shape index (κ2) is 4.59. The quantitative estimate of drug-likeness (QED) is 0.281. The van der Waals surface area contributed by atoms with Crippen molar-refractivity contribution in [2.24, 2.45) is 10.9 Å². The van der Waals surface area contributed by atoms with E-state index < -0.39 is 0 Å². The standard InChI is InChI=1S/C6H6ClN3/c1-5(7)2-3-6(4-8)10-9/h2-3H,1,9H2/b3-2-,10-6+. The van der Waals surface area contributed by atoms with Gasteiger partial charge in [-0.25, -0.2) is 0 Å². The molecule has 0 aromatic carbocycles. The minimum absolute atomic E-state index is 0.113. The minimum Gasteiger partial charge on any atom is -0.322 e. The van der Waals surface area contributed by atoms with Crippen molar-refractivity contribution in [3.05, 3.63) is 23.8 Å². The summed E-state index contributed by atoms with van der Waals surface area (Å²) in [6.07, 6.45) is 2.83.